The molecule has 96 valence electrons. The first-order valence-corrected chi connectivity index (χ1v) is 5.59. The van der Waals surface area contributed by atoms with Crippen LogP contribution in [0.15, 0.2) is 18.2 Å². The van der Waals surface area contributed by atoms with Gasteiger partial charge < -0.3 is 11.1 Å². The molecule has 0 bridgehead atoms. The van der Waals surface area contributed by atoms with Gasteiger partial charge in [-0.05, 0) is 30.9 Å². The summed E-state index contributed by atoms with van der Waals surface area (Å²) in [5, 5.41) is 2.90. The van der Waals surface area contributed by atoms with Crippen LogP contribution in [0.5, 0.6) is 0 Å². The van der Waals surface area contributed by atoms with E-state index in [2.05, 4.69) is 19.2 Å². The van der Waals surface area contributed by atoms with Gasteiger partial charge in [-0.1, -0.05) is 32.0 Å². The quantitative estimate of drug-likeness (QED) is 0.874. The smallest absolute Gasteiger partial charge is 0.241 e. The van der Waals surface area contributed by atoms with Crippen molar-refractivity contribution in [2.75, 3.05) is 5.32 Å². The second-order valence-electron chi connectivity index (χ2n) is 4.47. The first kappa shape index (κ1) is 15.9. The van der Waals surface area contributed by atoms with Crippen LogP contribution in [0.3, 0.4) is 0 Å². The lowest BCUT2D eigenvalue weighted by Gasteiger charge is -2.17. The van der Waals surface area contributed by atoms with E-state index in [1.165, 1.54) is 0 Å². The maximum absolute atomic E-state index is 11.6. The largest absolute Gasteiger partial charge is 0.324 e. The topological polar surface area (TPSA) is 55.1 Å². The molecule has 0 saturated heterocycles. The molecule has 0 radical (unpaired) electrons. The second kappa shape index (κ2) is 6.62. The number of aryl methyl sites for hydroxylation is 1. The number of hydrogen-bond acceptors (Lipinski definition) is 2. The van der Waals surface area contributed by atoms with Gasteiger partial charge in [0.1, 0.15) is 0 Å². The molecule has 0 aliphatic rings. The molecule has 1 aromatic carbocycles. The highest BCUT2D eigenvalue weighted by Crippen LogP contribution is 2.27. The van der Waals surface area contributed by atoms with Gasteiger partial charge in [-0.15, -0.1) is 12.4 Å². The summed E-state index contributed by atoms with van der Waals surface area (Å²) < 4.78 is 0. The van der Waals surface area contributed by atoms with Crippen molar-refractivity contribution < 1.29 is 4.79 Å². The molecule has 1 rings (SSSR count). The number of para-hydroxylation sites is 1. The Morgan fingerprint density at radius 1 is 1.29 bits per heavy atom. The van der Waals surface area contributed by atoms with Crippen LogP contribution >= 0.6 is 12.4 Å². The number of rotatable bonds is 3. The number of carbonyl (C=O) groups excluding carboxylic acids is 1. The van der Waals surface area contributed by atoms with Gasteiger partial charge in [0, 0.05) is 5.69 Å². The van der Waals surface area contributed by atoms with E-state index in [1.54, 1.807) is 6.92 Å². The van der Waals surface area contributed by atoms with E-state index in [-0.39, 0.29) is 18.3 Å². The lowest BCUT2D eigenvalue weighted by molar-refractivity contribution is -0.117. The Balaban J connectivity index is 0.00000256. The standard InChI is InChI=1S/C13H20N2O.ClH/c1-8(2)11-7-5-6-9(3)12(11)15-13(16)10(4)14;/h5-8,10H,14H2,1-4H3,(H,15,16);1H/t10-;/m1./s1. The molecule has 4 heteroatoms. The number of hydrogen-bond donors (Lipinski definition) is 2. The Labute approximate surface area is 109 Å². The van der Waals surface area contributed by atoms with Crippen molar-refractivity contribution in [3.63, 3.8) is 0 Å². The van der Waals surface area contributed by atoms with E-state index in [4.69, 9.17) is 5.73 Å². The highest BCUT2D eigenvalue weighted by atomic mass is 35.5. The van der Waals surface area contributed by atoms with E-state index < -0.39 is 6.04 Å². The van der Waals surface area contributed by atoms with Crippen molar-refractivity contribution in [1.29, 1.82) is 0 Å². The molecular formula is C13H21ClN2O. The summed E-state index contributed by atoms with van der Waals surface area (Å²) in [6, 6.07) is 5.54. The van der Waals surface area contributed by atoms with Crippen LogP contribution in [0.1, 0.15) is 37.8 Å². The first-order valence-electron chi connectivity index (χ1n) is 5.59. The summed E-state index contributed by atoms with van der Waals surface area (Å²) in [4.78, 5) is 11.6. The molecule has 0 saturated carbocycles. The number of anilines is 1. The molecule has 1 amide bonds. The Morgan fingerprint density at radius 3 is 2.35 bits per heavy atom. The Kier molecular flexibility index (Phi) is 6.21. The fraction of sp³-hybridized carbons (Fsp3) is 0.462. The average Bonchev–Trinajstić information content (AvgIpc) is 2.20. The van der Waals surface area contributed by atoms with E-state index >= 15 is 0 Å². The summed E-state index contributed by atoms with van der Waals surface area (Å²) in [5.74, 6) is 0.236. The molecular weight excluding hydrogens is 236 g/mol. The molecule has 0 aromatic heterocycles. The average molecular weight is 257 g/mol. The molecule has 1 atom stereocenters. The lowest BCUT2D eigenvalue weighted by Crippen LogP contribution is -2.33. The summed E-state index contributed by atoms with van der Waals surface area (Å²) in [6.07, 6.45) is 0. The summed E-state index contributed by atoms with van der Waals surface area (Å²) >= 11 is 0. The third-order valence-corrected chi connectivity index (χ3v) is 2.59. The number of nitrogens with one attached hydrogen (secondary N) is 1. The predicted octanol–water partition coefficient (Wildman–Crippen LogP) is 2.83. The van der Waals surface area contributed by atoms with Crippen LogP contribution in [-0.4, -0.2) is 11.9 Å². The second-order valence-corrected chi connectivity index (χ2v) is 4.47. The van der Waals surface area contributed by atoms with Gasteiger partial charge in [0.05, 0.1) is 6.04 Å². The molecule has 0 heterocycles. The van der Waals surface area contributed by atoms with E-state index in [1.807, 2.05) is 25.1 Å². The molecule has 0 unspecified atom stereocenters. The van der Waals surface area contributed by atoms with Crippen LogP contribution in [0.2, 0.25) is 0 Å². The fourth-order valence-corrected chi connectivity index (χ4v) is 1.58. The summed E-state index contributed by atoms with van der Waals surface area (Å²) in [5.41, 5.74) is 8.67. The number of benzene rings is 1. The first-order chi connectivity index (χ1) is 7.43. The van der Waals surface area contributed by atoms with Crippen LogP contribution in [-0.2, 0) is 4.79 Å². The minimum Gasteiger partial charge on any atom is -0.324 e. The van der Waals surface area contributed by atoms with Crippen molar-refractivity contribution >= 4 is 24.0 Å². The Hall–Kier alpha value is -1.06. The van der Waals surface area contributed by atoms with Gasteiger partial charge >= 0.3 is 0 Å². The van der Waals surface area contributed by atoms with Crippen LogP contribution < -0.4 is 11.1 Å². The molecule has 17 heavy (non-hydrogen) atoms. The molecule has 0 aliphatic heterocycles. The zero-order valence-corrected chi connectivity index (χ0v) is 11.6. The fourth-order valence-electron chi connectivity index (χ4n) is 1.58. The predicted molar refractivity (Wildman–Crippen MR) is 74.8 cm³/mol. The highest BCUT2D eigenvalue weighted by Gasteiger charge is 2.13. The normalized spacial score (nSPS) is 11.9. The van der Waals surface area contributed by atoms with Gasteiger partial charge in [-0.2, -0.15) is 0 Å². The molecule has 3 nitrogen and oxygen atoms in total. The summed E-state index contributed by atoms with van der Waals surface area (Å²) in [7, 11) is 0. The van der Waals surface area contributed by atoms with Gasteiger partial charge in [0.2, 0.25) is 5.91 Å². The number of carbonyl (C=O) groups is 1. The third kappa shape index (κ3) is 4.02. The Morgan fingerprint density at radius 2 is 1.88 bits per heavy atom. The third-order valence-electron chi connectivity index (χ3n) is 2.59. The number of halogens is 1. The number of nitrogens with two attached hydrogens (primary N) is 1. The van der Waals surface area contributed by atoms with Crippen molar-refractivity contribution in [3.8, 4) is 0 Å². The van der Waals surface area contributed by atoms with Crippen molar-refractivity contribution in [3.05, 3.63) is 29.3 Å². The van der Waals surface area contributed by atoms with Gasteiger partial charge in [0.15, 0.2) is 0 Å². The molecule has 0 spiro atoms. The maximum Gasteiger partial charge on any atom is 0.241 e. The molecule has 3 N–H and O–H groups in total. The molecule has 0 fully saturated rings. The van der Waals surface area contributed by atoms with Crippen molar-refractivity contribution in [2.45, 2.75) is 39.7 Å². The van der Waals surface area contributed by atoms with Crippen LogP contribution in [0.25, 0.3) is 0 Å². The molecule has 0 aliphatic carbocycles. The SMILES string of the molecule is Cc1cccc(C(C)C)c1NC(=O)[C@@H](C)N.Cl. The monoisotopic (exact) mass is 256 g/mol. The lowest BCUT2D eigenvalue weighted by atomic mass is 9.98. The van der Waals surface area contributed by atoms with Crippen molar-refractivity contribution in [2.24, 2.45) is 5.73 Å². The molecule has 1 aromatic rings. The Bertz CT molecular complexity index is 389. The van der Waals surface area contributed by atoms with Crippen molar-refractivity contribution in [1.82, 2.24) is 0 Å². The zero-order chi connectivity index (χ0) is 12.3. The summed E-state index contributed by atoms with van der Waals surface area (Å²) in [6.45, 7) is 7.89. The minimum absolute atomic E-state index is 0. The van der Waals surface area contributed by atoms with Crippen LogP contribution in [0, 0.1) is 6.92 Å². The maximum atomic E-state index is 11.6. The van der Waals surface area contributed by atoms with E-state index in [0.717, 1.165) is 16.8 Å². The minimum atomic E-state index is -0.486. The zero-order valence-electron chi connectivity index (χ0n) is 10.8. The van der Waals surface area contributed by atoms with Gasteiger partial charge in [-0.25, -0.2) is 0 Å². The van der Waals surface area contributed by atoms with Crippen LogP contribution in [0.4, 0.5) is 5.69 Å². The van der Waals surface area contributed by atoms with E-state index in [0.29, 0.717) is 5.92 Å². The highest BCUT2D eigenvalue weighted by molar-refractivity contribution is 5.95. The van der Waals surface area contributed by atoms with E-state index in [9.17, 15) is 4.79 Å². The van der Waals surface area contributed by atoms with Gasteiger partial charge in [-0.3, -0.25) is 4.79 Å². The van der Waals surface area contributed by atoms with Gasteiger partial charge in [0.25, 0.3) is 0 Å². The number of amides is 1.